The minimum atomic E-state index is -0.656. The zero-order chi connectivity index (χ0) is 20.5. The van der Waals surface area contributed by atoms with Crippen LogP contribution in [0.2, 0.25) is 0 Å². The van der Waals surface area contributed by atoms with Crippen molar-refractivity contribution in [2.75, 3.05) is 4.90 Å². The predicted molar refractivity (Wildman–Crippen MR) is 115 cm³/mol. The summed E-state index contributed by atoms with van der Waals surface area (Å²) in [6, 6.07) is 13.6. The minimum absolute atomic E-state index is 0.00168. The van der Waals surface area contributed by atoms with Gasteiger partial charge in [0.1, 0.15) is 11.4 Å². The Bertz CT molecular complexity index is 1180. The van der Waals surface area contributed by atoms with E-state index in [2.05, 4.69) is 16.8 Å². The number of hydrogen-bond donors (Lipinski definition) is 1. The molecule has 0 atom stereocenters. The van der Waals surface area contributed by atoms with Gasteiger partial charge in [-0.25, -0.2) is 9.29 Å². The topological polar surface area (TPSA) is 54.3 Å². The maximum Gasteiger partial charge on any atom is 0.270 e. The number of hydrogen-bond acceptors (Lipinski definition) is 3. The van der Waals surface area contributed by atoms with Gasteiger partial charge in [-0.05, 0) is 42.9 Å². The second kappa shape index (κ2) is 7.60. The molecule has 146 valence electrons. The normalized spacial score (nSPS) is 16.0. The van der Waals surface area contributed by atoms with Crippen LogP contribution in [0.1, 0.15) is 18.9 Å². The summed E-state index contributed by atoms with van der Waals surface area (Å²) >= 11 is 5.13. The zero-order valence-electron chi connectivity index (χ0n) is 15.7. The Morgan fingerprint density at radius 3 is 2.59 bits per heavy atom. The second-order valence-corrected chi connectivity index (χ2v) is 7.09. The van der Waals surface area contributed by atoms with Crippen molar-refractivity contribution >= 4 is 51.8 Å². The molecule has 2 amide bonds. The molecule has 0 spiro atoms. The summed E-state index contributed by atoms with van der Waals surface area (Å²) in [6.45, 7) is 2.90. The molecule has 4 rings (SSSR count). The Labute approximate surface area is 172 Å². The van der Waals surface area contributed by atoms with Crippen molar-refractivity contribution in [3.05, 3.63) is 71.7 Å². The molecule has 5 nitrogen and oxygen atoms in total. The van der Waals surface area contributed by atoms with Crippen molar-refractivity contribution in [2.24, 2.45) is 0 Å². The molecule has 1 N–H and O–H groups in total. The number of nitrogens with one attached hydrogen (secondary N) is 1. The molecule has 1 fully saturated rings. The average molecular weight is 407 g/mol. The number of para-hydroxylation sites is 2. The number of aryl methyl sites for hydroxylation is 1. The van der Waals surface area contributed by atoms with Crippen LogP contribution in [0.15, 0.2) is 60.3 Å². The van der Waals surface area contributed by atoms with Gasteiger partial charge < -0.3 is 4.57 Å². The van der Waals surface area contributed by atoms with Gasteiger partial charge in [0.25, 0.3) is 11.8 Å². The number of nitrogens with zero attached hydrogens (tertiary/aromatic N) is 2. The fourth-order valence-corrected chi connectivity index (χ4v) is 3.75. The van der Waals surface area contributed by atoms with Crippen molar-refractivity contribution < 1.29 is 14.0 Å². The lowest BCUT2D eigenvalue weighted by atomic mass is 10.1. The van der Waals surface area contributed by atoms with Gasteiger partial charge in [0, 0.05) is 29.2 Å². The molecule has 7 heteroatoms. The van der Waals surface area contributed by atoms with Crippen LogP contribution in [-0.4, -0.2) is 21.5 Å². The molecule has 1 aliphatic heterocycles. The highest BCUT2D eigenvalue weighted by atomic mass is 32.1. The lowest BCUT2D eigenvalue weighted by molar-refractivity contribution is -0.122. The van der Waals surface area contributed by atoms with Gasteiger partial charge in [0.05, 0.1) is 5.69 Å². The van der Waals surface area contributed by atoms with E-state index in [0.717, 1.165) is 34.3 Å². The first-order chi connectivity index (χ1) is 14.0. The first-order valence-corrected chi connectivity index (χ1v) is 9.66. The van der Waals surface area contributed by atoms with Crippen molar-refractivity contribution in [2.45, 2.75) is 19.9 Å². The molecule has 3 aromatic rings. The maximum absolute atomic E-state index is 14.3. The van der Waals surface area contributed by atoms with Crippen LogP contribution < -0.4 is 10.2 Å². The fourth-order valence-electron chi connectivity index (χ4n) is 3.48. The Morgan fingerprint density at radius 2 is 1.83 bits per heavy atom. The largest absolute Gasteiger partial charge is 0.347 e. The number of carbonyl (C=O) groups excluding carboxylic acids is 2. The van der Waals surface area contributed by atoms with Crippen LogP contribution >= 0.6 is 12.2 Å². The molecule has 1 aliphatic rings. The van der Waals surface area contributed by atoms with Gasteiger partial charge in [-0.1, -0.05) is 37.3 Å². The lowest BCUT2D eigenvalue weighted by Crippen LogP contribution is -2.54. The van der Waals surface area contributed by atoms with E-state index < -0.39 is 17.6 Å². The van der Waals surface area contributed by atoms with Crippen molar-refractivity contribution in [3.63, 3.8) is 0 Å². The Hall–Kier alpha value is -3.32. The number of carbonyl (C=O) groups is 2. The molecule has 0 radical (unpaired) electrons. The molecule has 2 heterocycles. The van der Waals surface area contributed by atoms with E-state index in [0.29, 0.717) is 0 Å². The highest BCUT2D eigenvalue weighted by molar-refractivity contribution is 7.80. The number of rotatable bonds is 4. The van der Waals surface area contributed by atoms with E-state index in [4.69, 9.17) is 12.2 Å². The van der Waals surface area contributed by atoms with Crippen LogP contribution in [0.5, 0.6) is 0 Å². The number of benzene rings is 2. The molecular weight excluding hydrogens is 389 g/mol. The molecule has 0 saturated carbocycles. The zero-order valence-corrected chi connectivity index (χ0v) is 16.5. The number of halogens is 1. The predicted octanol–water partition coefficient (Wildman–Crippen LogP) is 4.02. The van der Waals surface area contributed by atoms with Crippen LogP contribution in [0, 0.1) is 5.82 Å². The lowest BCUT2D eigenvalue weighted by Gasteiger charge is -2.29. The number of fused-ring (bicyclic) bond motifs is 1. The first-order valence-electron chi connectivity index (χ1n) is 9.25. The number of amides is 2. The molecule has 1 saturated heterocycles. The van der Waals surface area contributed by atoms with E-state index >= 15 is 0 Å². The fraction of sp³-hybridized carbons (Fsp3) is 0.136. The molecular formula is C22H18FN3O2S. The van der Waals surface area contributed by atoms with Gasteiger partial charge in [-0.3, -0.25) is 14.9 Å². The average Bonchev–Trinajstić information content (AvgIpc) is 3.04. The third-order valence-corrected chi connectivity index (χ3v) is 5.06. The van der Waals surface area contributed by atoms with Crippen LogP contribution in [-0.2, 0) is 16.1 Å². The maximum atomic E-state index is 14.3. The van der Waals surface area contributed by atoms with E-state index in [1.54, 1.807) is 12.1 Å². The van der Waals surface area contributed by atoms with Gasteiger partial charge in [-0.2, -0.15) is 0 Å². The Morgan fingerprint density at radius 1 is 1.10 bits per heavy atom. The summed E-state index contributed by atoms with van der Waals surface area (Å²) in [4.78, 5) is 26.7. The van der Waals surface area contributed by atoms with Gasteiger partial charge >= 0.3 is 0 Å². The van der Waals surface area contributed by atoms with E-state index in [-0.39, 0.29) is 16.4 Å². The number of anilines is 1. The monoisotopic (exact) mass is 407 g/mol. The first kappa shape index (κ1) is 19.0. The number of aromatic nitrogens is 1. The molecule has 0 unspecified atom stereocenters. The van der Waals surface area contributed by atoms with Crippen molar-refractivity contribution in [1.29, 1.82) is 0 Å². The Balaban J connectivity index is 1.82. The Kier molecular flexibility index (Phi) is 4.98. The summed E-state index contributed by atoms with van der Waals surface area (Å²) in [5.74, 6) is -1.85. The summed E-state index contributed by atoms with van der Waals surface area (Å²) < 4.78 is 16.4. The third-order valence-electron chi connectivity index (χ3n) is 4.78. The molecule has 29 heavy (non-hydrogen) atoms. The smallest absolute Gasteiger partial charge is 0.270 e. The van der Waals surface area contributed by atoms with Gasteiger partial charge in [0.15, 0.2) is 5.11 Å². The van der Waals surface area contributed by atoms with E-state index in [1.807, 2.05) is 30.5 Å². The number of thiocarbonyl (C=S) groups is 1. The SMILES string of the molecule is CCCn1cc(C=C2C(=O)NC(=S)N(c3ccccc3F)C2=O)c2ccccc21. The highest BCUT2D eigenvalue weighted by Crippen LogP contribution is 2.27. The molecule has 2 aromatic carbocycles. The summed E-state index contributed by atoms with van der Waals surface area (Å²) in [7, 11) is 0. The van der Waals surface area contributed by atoms with Crippen molar-refractivity contribution in [3.8, 4) is 0 Å². The van der Waals surface area contributed by atoms with Crippen LogP contribution in [0.4, 0.5) is 10.1 Å². The minimum Gasteiger partial charge on any atom is -0.347 e. The van der Waals surface area contributed by atoms with Gasteiger partial charge in [-0.15, -0.1) is 0 Å². The quantitative estimate of drug-likeness (QED) is 0.404. The summed E-state index contributed by atoms with van der Waals surface area (Å²) in [5, 5.41) is 3.28. The van der Waals surface area contributed by atoms with Crippen molar-refractivity contribution in [1.82, 2.24) is 9.88 Å². The summed E-state index contributed by atoms with van der Waals surface area (Å²) in [5.41, 5.74) is 1.67. The van der Waals surface area contributed by atoms with Crippen LogP contribution in [0.25, 0.3) is 17.0 Å². The highest BCUT2D eigenvalue weighted by Gasteiger charge is 2.35. The van der Waals surface area contributed by atoms with E-state index in [1.165, 1.54) is 18.2 Å². The van der Waals surface area contributed by atoms with E-state index in [9.17, 15) is 14.0 Å². The van der Waals surface area contributed by atoms with Gasteiger partial charge in [0.2, 0.25) is 0 Å². The summed E-state index contributed by atoms with van der Waals surface area (Å²) in [6.07, 6.45) is 4.41. The molecule has 0 aliphatic carbocycles. The standard InChI is InChI=1S/C22H18FN3O2S/c1-2-11-25-13-14(15-7-3-5-9-18(15)25)12-16-20(27)24-22(29)26(21(16)28)19-10-6-4-8-17(19)23/h3-10,12-13H,2,11H2,1H3,(H,24,27,29). The third kappa shape index (κ3) is 3.34. The molecule has 1 aromatic heterocycles. The second-order valence-electron chi connectivity index (χ2n) is 6.70. The van der Waals surface area contributed by atoms with Crippen LogP contribution in [0.3, 0.4) is 0 Å². The molecule has 0 bridgehead atoms.